The second-order valence-electron chi connectivity index (χ2n) is 3.10. The van der Waals surface area contributed by atoms with E-state index in [0.29, 0.717) is 13.2 Å². The lowest BCUT2D eigenvalue weighted by atomic mass is 10.3. The second-order valence-corrected chi connectivity index (χ2v) is 3.98. The van der Waals surface area contributed by atoms with Crippen LogP contribution < -0.4 is 10.6 Å². The summed E-state index contributed by atoms with van der Waals surface area (Å²) in [6.07, 6.45) is 2.01. The summed E-state index contributed by atoms with van der Waals surface area (Å²) in [6.45, 7) is 1.02. The summed E-state index contributed by atoms with van der Waals surface area (Å²) < 4.78 is 4.83. The maximum absolute atomic E-state index is 11.4. The van der Waals surface area contributed by atoms with Crippen molar-refractivity contribution in [3.8, 4) is 0 Å². The first-order valence-electron chi connectivity index (χ1n) is 4.94. The molecule has 1 rings (SSSR count). The van der Waals surface area contributed by atoms with Gasteiger partial charge in [0.15, 0.2) is 0 Å². The van der Waals surface area contributed by atoms with Gasteiger partial charge >= 0.3 is 6.03 Å². The number of benzene rings is 1. The van der Waals surface area contributed by atoms with Gasteiger partial charge in [-0.1, -0.05) is 0 Å². The van der Waals surface area contributed by atoms with Crippen LogP contribution in [0.1, 0.15) is 0 Å². The average Bonchev–Trinajstić information content (AvgIpc) is 2.30. The zero-order valence-electron chi connectivity index (χ0n) is 9.45. The number of hydrogen-bond donors (Lipinski definition) is 2. The molecule has 2 N–H and O–H groups in total. The lowest BCUT2D eigenvalue weighted by Gasteiger charge is -2.07. The van der Waals surface area contributed by atoms with E-state index in [1.807, 2.05) is 30.5 Å². The molecule has 0 aliphatic carbocycles. The maximum Gasteiger partial charge on any atom is 0.319 e. The Balaban J connectivity index is 2.37. The molecule has 0 bridgehead atoms. The lowest BCUT2D eigenvalue weighted by molar-refractivity contribution is 0.198. The van der Waals surface area contributed by atoms with Gasteiger partial charge in [0.2, 0.25) is 0 Å². The quantitative estimate of drug-likeness (QED) is 0.612. The Morgan fingerprint density at radius 3 is 2.62 bits per heavy atom. The maximum atomic E-state index is 11.4. The molecule has 0 aliphatic heterocycles. The van der Waals surface area contributed by atoms with E-state index in [4.69, 9.17) is 4.74 Å². The molecule has 0 radical (unpaired) electrons. The van der Waals surface area contributed by atoms with E-state index >= 15 is 0 Å². The van der Waals surface area contributed by atoms with Crippen LogP contribution >= 0.6 is 11.8 Å². The summed E-state index contributed by atoms with van der Waals surface area (Å²) in [5.74, 6) is 0. The van der Waals surface area contributed by atoms with E-state index in [1.54, 1.807) is 18.9 Å². The van der Waals surface area contributed by atoms with Crippen LogP contribution in [0.3, 0.4) is 0 Å². The van der Waals surface area contributed by atoms with Crippen molar-refractivity contribution in [1.29, 1.82) is 0 Å². The van der Waals surface area contributed by atoms with Crippen molar-refractivity contribution in [1.82, 2.24) is 5.32 Å². The topological polar surface area (TPSA) is 50.4 Å². The normalized spacial score (nSPS) is 9.88. The highest BCUT2D eigenvalue weighted by Gasteiger charge is 2.00. The fraction of sp³-hybridized carbons (Fsp3) is 0.364. The molecule has 1 aromatic carbocycles. The Morgan fingerprint density at radius 2 is 2.06 bits per heavy atom. The van der Waals surface area contributed by atoms with Crippen LogP contribution in [-0.4, -0.2) is 32.5 Å². The number of carbonyl (C=O) groups is 1. The summed E-state index contributed by atoms with van der Waals surface area (Å²) in [5, 5.41) is 5.42. The molecule has 16 heavy (non-hydrogen) atoms. The summed E-state index contributed by atoms with van der Waals surface area (Å²) in [4.78, 5) is 12.5. The van der Waals surface area contributed by atoms with Crippen LogP contribution in [-0.2, 0) is 4.74 Å². The van der Waals surface area contributed by atoms with Crippen molar-refractivity contribution in [3.63, 3.8) is 0 Å². The molecular weight excluding hydrogens is 224 g/mol. The number of amides is 2. The molecule has 0 saturated carbocycles. The summed E-state index contributed by atoms with van der Waals surface area (Å²) >= 11 is 1.67. The summed E-state index contributed by atoms with van der Waals surface area (Å²) in [6, 6.07) is 7.47. The number of methoxy groups -OCH3 is 1. The third-order valence-electron chi connectivity index (χ3n) is 1.94. The number of nitrogens with one attached hydrogen (secondary N) is 2. The van der Waals surface area contributed by atoms with Crippen molar-refractivity contribution in [3.05, 3.63) is 24.3 Å². The number of rotatable bonds is 5. The minimum Gasteiger partial charge on any atom is -0.383 e. The minimum absolute atomic E-state index is 0.214. The largest absolute Gasteiger partial charge is 0.383 e. The van der Waals surface area contributed by atoms with Crippen LogP contribution in [0, 0.1) is 0 Å². The van der Waals surface area contributed by atoms with Crippen LogP contribution in [0.15, 0.2) is 29.2 Å². The zero-order valence-corrected chi connectivity index (χ0v) is 10.3. The number of anilines is 1. The number of thioether (sulfide) groups is 1. The number of carbonyl (C=O) groups excluding carboxylic acids is 1. The average molecular weight is 240 g/mol. The first kappa shape index (κ1) is 12.9. The second kappa shape index (κ2) is 7.14. The van der Waals surface area contributed by atoms with Gasteiger partial charge in [-0.15, -0.1) is 11.8 Å². The van der Waals surface area contributed by atoms with Gasteiger partial charge < -0.3 is 15.4 Å². The number of urea groups is 1. The monoisotopic (exact) mass is 240 g/mol. The van der Waals surface area contributed by atoms with Gasteiger partial charge in [0.05, 0.1) is 6.61 Å². The predicted molar refractivity (Wildman–Crippen MR) is 67.1 cm³/mol. The van der Waals surface area contributed by atoms with Crippen LogP contribution in [0.2, 0.25) is 0 Å². The van der Waals surface area contributed by atoms with Crippen molar-refractivity contribution in [2.75, 3.05) is 31.8 Å². The van der Waals surface area contributed by atoms with E-state index in [2.05, 4.69) is 10.6 Å². The van der Waals surface area contributed by atoms with Gasteiger partial charge in [0.1, 0.15) is 0 Å². The highest BCUT2D eigenvalue weighted by Crippen LogP contribution is 2.17. The number of hydrogen-bond acceptors (Lipinski definition) is 3. The molecule has 0 unspecified atom stereocenters. The standard InChI is InChI=1S/C11H16N2O2S/c1-15-8-7-12-11(14)13-9-3-5-10(16-2)6-4-9/h3-6H,7-8H2,1-2H3,(H2,12,13,14). The zero-order chi connectivity index (χ0) is 11.8. The van der Waals surface area contributed by atoms with Gasteiger partial charge in [-0.2, -0.15) is 0 Å². The molecule has 0 spiro atoms. The SMILES string of the molecule is COCCNC(=O)Nc1ccc(SC)cc1. The Morgan fingerprint density at radius 1 is 1.38 bits per heavy atom. The fourth-order valence-corrected chi connectivity index (χ4v) is 1.52. The highest BCUT2D eigenvalue weighted by molar-refractivity contribution is 7.98. The molecule has 0 heterocycles. The van der Waals surface area contributed by atoms with E-state index in [-0.39, 0.29) is 6.03 Å². The number of ether oxygens (including phenoxy) is 1. The molecule has 0 fully saturated rings. The minimum atomic E-state index is -0.214. The van der Waals surface area contributed by atoms with E-state index in [0.717, 1.165) is 5.69 Å². The molecule has 5 heteroatoms. The first-order valence-corrected chi connectivity index (χ1v) is 6.16. The summed E-state index contributed by atoms with van der Waals surface area (Å²) in [5.41, 5.74) is 0.785. The Labute approximate surface area is 99.8 Å². The van der Waals surface area contributed by atoms with Crippen molar-refractivity contribution in [2.45, 2.75) is 4.90 Å². The third kappa shape index (κ3) is 4.55. The molecule has 4 nitrogen and oxygen atoms in total. The van der Waals surface area contributed by atoms with Gasteiger partial charge in [-0.25, -0.2) is 4.79 Å². The van der Waals surface area contributed by atoms with E-state index < -0.39 is 0 Å². The smallest absolute Gasteiger partial charge is 0.319 e. The molecule has 1 aromatic rings. The molecule has 0 saturated heterocycles. The van der Waals surface area contributed by atoms with E-state index in [1.165, 1.54) is 4.90 Å². The Hall–Kier alpha value is -1.20. The molecule has 0 aromatic heterocycles. The molecule has 0 aliphatic rings. The van der Waals surface area contributed by atoms with Crippen molar-refractivity contribution >= 4 is 23.5 Å². The third-order valence-corrected chi connectivity index (χ3v) is 2.68. The molecule has 88 valence electrons. The van der Waals surface area contributed by atoms with Crippen LogP contribution in [0.25, 0.3) is 0 Å². The summed E-state index contributed by atoms with van der Waals surface area (Å²) in [7, 11) is 1.60. The van der Waals surface area contributed by atoms with Crippen molar-refractivity contribution < 1.29 is 9.53 Å². The van der Waals surface area contributed by atoms with Gasteiger partial charge in [-0.3, -0.25) is 0 Å². The fourth-order valence-electron chi connectivity index (χ4n) is 1.12. The molecule has 2 amide bonds. The molecule has 0 atom stereocenters. The first-order chi connectivity index (χ1) is 7.76. The lowest BCUT2D eigenvalue weighted by Crippen LogP contribution is -2.31. The Bertz CT molecular complexity index is 327. The predicted octanol–water partition coefficient (Wildman–Crippen LogP) is 2.18. The highest BCUT2D eigenvalue weighted by atomic mass is 32.2. The van der Waals surface area contributed by atoms with Gasteiger partial charge in [0, 0.05) is 24.2 Å². The van der Waals surface area contributed by atoms with Crippen LogP contribution in [0.4, 0.5) is 10.5 Å². The van der Waals surface area contributed by atoms with Crippen LogP contribution in [0.5, 0.6) is 0 Å². The Kier molecular flexibility index (Phi) is 5.74. The van der Waals surface area contributed by atoms with Gasteiger partial charge in [0.25, 0.3) is 0 Å². The van der Waals surface area contributed by atoms with E-state index in [9.17, 15) is 4.79 Å². The molecular formula is C11H16N2O2S. The van der Waals surface area contributed by atoms with Gasteiger partial charge in [-0.05, 0) is 30.5 Å². The van der Waals surface area contributed by atoms with Crippen molar-refractivity contribution in [2.24, 2.45) is 0 Å².